The monoisotopic (exact) mass is 467 g/mol. The predicted molar refractivity (Wildman–Crippen MR) is 116 cm³/mol. The zero-order chi connectivity index (χ0) is 22.6. The molecule has 1 aliphatic heterocycles. The van der Waals surface area contributed by atoms with E-state index >= 15 is 0 Å². The van der Waals surface area contributed by atoms with E-state index < -0.39 is 27.9 Å². The number of benzene rings is 2. The SMILES string of the molecule is CC(OC(=O)Cc1cc(Cl)c2c(c1)OCCCO2)C(=O)c1ccc(NS(C)(=O)=O)cc1. The molecule has 0 spiro atoms. The van der Waals surface area contributed by atoms with E-state index in [1.54, 1.807) is 12.1 Å². The highest BCUT2D eigenvalue weighted by Gasteiger charge is 2.21. The molecule has 2 aromatic rings. The highest BCUT2D eigenvalue weighted by molar-refractivity contribution is 7.92. The number of Topliss-reactive ketones (excluding diaryl/α,β-unsaturated/α-hetero) is 1. The van der Waals surface area contributed by atoms with Crippen LogP contribution >= 0.6 is 11.6 Å². The van der Waals surface area contributed by atoms with Gasteiger partial charge in [0.05, 0.1) is 30.9 Å². The second-order valence-electron chi connectivity index (χ2n) is 7.08. The molecular weight excluding hydrogens is 446 g/mol. The van der Waals surface area contributed by atoms with Gasteiger partial charge in [-0.1, -0.05) is 11.6 Å². The molecule has 1 unspecified atom stereocenters. The van der Waals surface area contributed by atoms with Gasteiger partial charge in [0.25, 0.3) is 0 Å². The van der Waals surface area contributed by atoms with Crippen molar-refractivity contribution in [3.8, 4) is 11.5 Å². The first kappa shape index (κ1) is 22.9. The van der Waals surface area contributed by atoms with Crippen LogP contribution < -0.4 is 14.2 Å². The Hall–Kier alpha value is -2.78. The molecule has 0 amide bonds. The van der Waals surface area contributed by atoms with E-state index in [9.17, 15) is 18.0 Å². The number of rotatable bonds is 7. The summed E-state index contributed by atoms with van der Waals surface area (Å²) in [7, 11) is -3.41. The van der Waals surface area contributed by atoms with Gasteiger partial charge in [0, 0.05) is 17.7 Å². The van der Waals surface area contributed by atoms with Gasteiger partial charge < -0.3 is 14.2 Å². The number of anilines is 1. The van der Waals surface area contributed by atoms with Crippen molar-refractivity contribution in [3.63, 3.8) is 0 Å². The second kappa shape index (κ2) is 9.57. The number of sulfonamides is 1. The van der Waals surface area contributed by atoms with E-state index in [0.29, 0.717) is 41.0 Å². The molecule has 0 saturated heterocycles. The topological polar surface area (TPSA) is 108 Å². The van der Waals surface area contributed by atoms with E-state index in [4.69, 9.17) is 25.8 Å². The number of esters is 1. The summed E-state index contributed by atoms with van der Waals surface area (Å²) in [5.74, 6) is -0.0777. The normalized spacial score (nSPS) is 14.3. The average Bonchev–Trinajstić information content (AvgIpc) is 2.92. The standard InChI is InChI=1S/C21H22ClNO7S/c1-13(20(25)15-4-6-16(7-5-15)23-31(2,26)27)30-19(24)12-14-10-17(22)21-18(11-14)28-8-3-9-29-21/h4-7,10-11,13,23H,3,8-9,12H2,1-2H3. The van der Waals surface area contributed by atoms with Gasteiger partial charge >= 0.3 is 5.97 Å². The first-order valence-corrected chi connectivity index (χ1v) is 11.8. The number of hydrogen-bond donors (Lipinski definition) is 1. The van der Waals surface area contributed by atoms with Gasteiger partial charge in [-0.05, 0) is 48.9 Å². The number of carbonyl (C=O) groups is 2. The third-order valence-corrected chi connectivity index (χ3v) is 5.25. The van der Waals surface area contributed by atoms with Crippen LogP contribution in [-0.4, -0.2) is 45.7 Å². The predicted octanol–water partition coefficient (Wildman–Crippen LogP) is 3.23. The van der Waals surface area contributed by atoms with Crippen LogP contribution in [0.1, 0.15) is 29.3 Å². The van der Waals surface area contributed by atoms with E-state index in [0.717, 1.165) is 12.7 Å². The minimum absolute atomic E-state index is 0.0921. The Kier molecular flexibility index (Phi) is 7.07. The zero-order valence-corrected chi connectivity index (χ0v) is 18.6. The Morgan fingerprint density at radius 2 is 1.84 bits per heavy atom. The van der Waals surface area contributed by atoms with Crippen LogP contribution in [0, 0.1) is 0 Å². The summed E-state index contributed by atoms with van der Waals surface area (Å²) in [6.07, 6.45) is 0.653. The number of hydrogen-bond acceptors (Lipinski definition) is 7. The molecule has 31 heavy (non-hydrogen) atoms. The quantitative estimate of drug-likeness (QED) is 0.492. The molecule has 8 nitrogen and oxygen atoms in total. The van der Waals surface area contributed by atoms with Crippen molar-refractivity contribution in [2.45, 2.75) is 25.9 Å². The van der Waals surface area contributed by atoms with E-state index in [1.165, 1.54) is 31.2 Å². The fraction of sp³-hybridized carbons (Fsp3) is 0.333. The molecule has 3 rings (SSSR count). The number of halogens is 1. The van der Waals surface area contributed by atoms with Crippen LogP contribution in [-0.2, 0) is 26.0 Å². The fourth-order valence-electron chi connectivity index (χ4n) is 3.00. The summed E-state index contributed by atoms with van der Waals surface area (Å²) in [4.78, 5) is 24.9. The van der Waals surface area contributed by atoms with Crippen molar-refractivity contribution in [1.29, 1.82) is 0 Å². The molecule has 0 bridgehead atoms. The zero-order valence-electron chi connectivity index (χ0n) is 17.0. The fourth-order valence-corrected chi connectivity index (χ4v) is 3.85. The van der Waals surface area contributed by atoms with Crippen LogP contribution in [0.3, 0.4) is 0 Å². The van der Waals surface area contributed by atoms with Gasteiger partial charge in [-0.3, -0.25) is 14.3 Å². The molecule has 1 heterocycles. The summed E-state index contributed by atoms with van der Waals surface area (Å²) in [5.41, 5.74) is 1.20. The number of ketones is 1. The Labute approximate surface area is 185 Å². The van der Waals surface area contributed by atoms with E-state index in [-0.39, 0.29) is 12.0 Å². The van der Waals surface area contributed by atoms with E-state index in [1.807, 2.05) is 0 Å². The molecule has 1 aliphatic rings. The highest BCUT2D eigenvalue weighted by Crippen LogP contribution is 2.38. The molecule has 2 aromatic carbocycles. The summed E-state index contributed by atoms with van der Waals surface area (Å²) >= 11 is 6.24. The smallest absolute Gasteiger partial charge is 0.310 e. The molecule has 0 radical (unpaired) electrons. The minimum atomic E-state index is -3.41. The van der Waals surface area contributed by atoms with E-state index in [2.05, 4.69) is 4.72 Å². The van der Waals surface area contributed by atoms with Crippen LogP contribution in [0.5, 0.6) is 11.5 Å². The van der Waals surface area contributed by atoms with Crippen LogP contribution in [0.15, 0.2) is 36.4 Å². The number of ether oxygens (including phenoxy) is 3. The first-order valence-electron chi connectivity index (χ1n) is 9.52. The molecule has 10 heteroatoms. The van der Waals surface area contributed by atoms with Crippen molar-refractivity contribution in [2.24, 2.45) is 0 Å². The largest absolute Gasteiger partial charge is 0.489 e. The van der Waals surface area contributed by atoms with Crippen LogP contribution in [0.25, 0.3) is 0 Å². The van der Waals surface area contributed by atoms with Gasteiger partial charge in [0.15, 0.2) is 17.6 Å². The molecule has 0 aromatic heterocycles. The van der Waals surface area contributed by atoms with Gasteiger partial charge in [0.1, 0.15) is 0 Å². The lowest BCUT2D eigenvalue weighted by Gasteiger charge is -2.14. The summed E-state index contributed by atoms with van der Waals surface area (Å²) in [6, 6.07) is 9.13. The van der Waals surface area contributed by atoms with Gasteiger partial charge in [-0.25, -0.2) is 8.42 Å². The molecule has 0 aliphatic carbocycles. The molecule has 1 atom stereocenters. The maximum Gasteiger partial charge on any atom is 0.310 e. The van der Waals surface area contributed by atoms with Crippen molar-refractivity contribution < 1.29 is 32.2 Å². The third-order valence-electron chi connectivity index (χ3n) is 4.36. The lowest BCUT2D eigenvalue weighted by Crippen LogP contribution is -2.25. The number of fused-ring (bicyclic) bond motifs is 1. The maximum atomic E-state index is 12.5. The first-order chi connectivity index (χ1) is 14.6. The number of nitrogens with one attached hydrogen (secondary N) is 1. The maximum absolute atomic E-state index is 12.5. The van der Waals surface area contributed by atoms with Crippen molar-refractivity contribution in [3.05, 3.63) is 52.5 Å². The van der Waals surface area contributed by atoms with Crippen LogP contribution in [0.4, 0.5) is 5.69 Å². The summed E-state index contributed by atoms with van der Waals surface area (Å²) < 4.78 is 41.3. The Bertz CT molecular complexity index is 1080. The Balaban J connectivity index is 1.62. The van der Waals surface area contributed by atoms with Crippen molar-refractivity contribution >= 4 is 39.1 Å². The molecular formula is C21H22ClNO7S. The molecule has 166 valence electrons. The highest BCUT2D eigenvalue weighted by atomic mass is 35.5. The molecule has 1 N–H and O–H groups in total. The molecule has 0 saturated carbocycles. The average molecular weight is 468 g/mol. The molecule has 0 fully saturated rings. The lowest BCUT2D eigenvalue weighted by molar-refractivity contribution is -0.145. The van der Waals surface area contributed by atoms with Gasteiger partial charge in [-0.2, -0.15) is 0 Å². The Morgan fingerprint density at radius 1 is 1.16 bits per heavy atom. The number of carbonyl (C=O) groups excluding carboxylic acids is 2. The third kappa shape index (κ3) is 6.35. The van der Waals surface area contributed by atoms with Gasteiger partial charge in [-0.15, -0.1) is 0 Å². The Morgan fingerprint density at radius 3 is 2.52 bits per heavy atom. The minimum Gasteiger partial charge on any atom is -0.489 e. The van der Waals surface area contributed by atoms with Gasteiger partial charge in [0.2, 0.25) is 15.8 Å². The summed E-state index contributed by atoms with van der Waals surface area (Å²) in [6.45, 7) is 2.46. The second-order valence-corrected chi connectivity index (χ2v) is 9.24. The van der Waals surface area contributed by atoms with Crippen molar-refractivity contribution in [1.82, 2.24) is 0 Å². The lowest BCUT2D eigenvalue weighted by atomic mass is 10.1. The van der Waals surface area contributed by atoms with Crippen molar-refractivity contribution in [2.75, 3.05) is 24.2 Å². The van der Waals surface area contributed by atoms with Crippen LogP contribution in [0.2, 0.25) is 5.02 Å². The summed E-state index contributed by atoms with van der Waals surface area (Å²) in [5, 5.41) is 0.342.